The monoisotopic (exact) mass is 353 g/mol. The van der Waals surface area contributed by atoms with Crippen molar-refractivity contribution in [3.63, 3.8) is 0 Å². The number of piperidine rings is 1. The zero-order valence-corrected chi connectivity index (χ0v) is 15.2. The second kappa shape index (κ2) is 8.60. The molecule has 0 spiro atoms. The summed E-state index contributed by atoms with van der Waals surface area (Å²) >= 11 is 0. The number of rotatable bonds is 7. The Balaban J connectivity index is 1.80. The Bertz CT molecular complexity index is 636. The molecule has 134 valence electrons. The molecule has 1 amide bonds. The van der Waals surface area contributed by atoms with Crippen molar-refractivity contribution in [1.29, 1.82) is 0 Å². The van der Waals surface area contributed by atoms with Gasteiger partial charge in [0.15, 0.2) is 0 Å². The Morgan fingerprint density at radius 1 is 1.29 bits per heavy atom. The van der Waals surface area contributed by atoms with Gasteiger partial charge in [-0.25, -0.2) is 13.1 Å². The van der Waals surface area contributed by atoms with Crippen molar-refractivity contribution < 1.29 is 13.2 Å². The third-order valence-corrected chi connectivity index (χ3v) is 5.64. The average molecular weight is 353 g/mol. The predicted octanol–water partition coefficient (Wildman–Crippen LogP) is 1.35. The number of nitrogens with one attached hydrogen (secondary N) is 3. The molecule has 24 heavy (non-hydrogen) atoms. The van der Waals surface area contributed by atoms with E-state index in [0.29, 0.717) is 5.92 Å². The summed E-state index contributed by atoms with van der Waals surface area (Å²) in [4.78, 5) is 12.1. The largest absolute Gasteiger partial charge is 0.352 e. The summed E-state index contributed by atoms with van der Waals surface area (Å²) in [6.45, 7) is 5.98. The second-order valence-electron chi connectivity index (χ2n) is 6.48. The molecule has 2 rings (SSSR count). The van der Waals surface area contributed by atoms with Gasteiger partial charge in [-0.2, -0.15) is 0 Å². The van der Waals surface area contributed by atoms with Crippen LogP contribution in [0, 0.1) is 0 Å². The van der Waals surface area contributed by atoms with Crippen LogP contribution >= 0.6 is 0 Å². The highest BCUT2D eigenvalue weighted by molar-refractivity contribution is 7.89. The first-order valence-corrected chi connectivity index (χ1v) is 9.96. The number of benzene rings is 1. The van der Waals surface area contributed by atoms with Gasteiger partial charge >= 0.3 is 0 Å². The van der Waals surface area contributed by atoms with Crippen molar-refractivity contribution >= 4 is 15.9 Å². The molecule has 0 saturated carbocycles. The lowest BCUT2D eigenvalue weighted by Crippen LogP contribution is -2.46. The highest BCUT2D eigenvalue weighted by Gasteiger charge is 2.17. The molecule has 0 radical (unpaired) electrons. The van der Waals surface area contributed by atoms with Gasteiger partial charge in [-0.3, -0.25) is 4.79 Å². The Morgan fingerprint density at radius 3 is 2.58 bits per heavy atom. The SMILES string of the molecule is CC(C)c1ccc(S(=O)(=O)NCCC(=O)N[C@H]2CCCNC2)cc1. The molecular formula is C17H27N3O3S. The molecule has 1 heterocycles. The molecule has 1 aliphatic heterocycles. The van der Waals surface area contributed by atoms with E-state index in [0.717, 1.165) is 31.5 Å². The van der Waals surface area contributed by atoms with Crippen molar-refractivity contribution in [3.05, 3.63) is 29.8 Å². The minimum Gasteiger partial charge on any atom is -0.352 e. The predicted molar refractivity (Wildman–Crippen MR) is 94.4 cm³/mol. The molecule has 6 nitrogen and oxygen atoms in total. The van der Waals surface area contributed by atoms with E-state index in [9.17, 15) is 13.2 Å². The van der Waals surface area contributed by atoms with Crippen LogP contribution in [-0.2, 0) is 14.8 Å². The number of carbonyl (C=O) groups is 1. The molecule has 1 atom stereocenters. The molecule has 0 aliphatic carbocycles. The fraction of sp³-hybridized carbons (Fsp3) is 0.588. The van der Waals surface area contributed by atoms with Crippen LogP contribution in [0.2, 0.25) is 0 Å². The Morgan fingerprint density at radius 2 is 2.00 bits per heavy atom. The van der Waals surface area contributed by atoms with Crippen LogP contribution in [0.5, 0.6) is 0 Å². The van der Waals surface area contributed by atoms with E-state index in [1.54, 1.807) is 12.1 Å². The van der Waals surface area contributed by atoms with Crippen molar-refractivity contribution in [2.45, 2.75) is 50.0 Å². The molecule has 7 heteroatoms. The third kappa shape index (κ3) is 5.58. The van der Waals surface area contributed by atoms with E-state index in [-0.39, 0.29) is 29.8 Å². The first-order chi connectivity index (χ1) is 11.4. The summed E-state index contributed by atoms with van der Waals surface area (Å²) in [5, 5.41) is 6.16. The van der Waals surface area contributed by atoms with Crippen LogP contribution in [0.4, 0.5) is 0 Å². The van der Waals surface area contributed by atoms with Gasteiger partial charge in [0.25, 0.3) is 0 Å². The smallest absolute Gasteiger partial charge is 0.240 e. The zero-order valence-electron chi connectivity index (χ0n) is 14.3. The molecule has 1 aliphatic rings. The van der Waals surface area contributed by atoms with E-state index in [1.165, 1.54) is 0 Å². The van der Waals surface area contributed by atoms with E-state index < -0.39 is 10.0 Å². The van der Waals surface area contributed by atoms with E-state index in [2.05, 4.69) is 29.2 Å². The van der Waals surface area contributed by atoms with E-state index >= 15 is 0 Å². The van der Waals surface area contributed by atoms with Gasteiger partial charge in [0, 0.05) is 25.6 Å². The lowest BCUT2D eigenvalue weighted by atomic mass is 10.0. The maximum atomic E-state index is 12.2. The zero-order chi connectivity index (χ0) is 17.6. The summed E-state index contributed by atoms with van der Waals surface area (Å²) in [6, 6.07) is 6.99. The van der Waals surface area contributed by atoms with Crippen LogP contribution in [0.1, 0.15) is 44.6 Å². The van der Waals surface area contributed by atoms with Gasteiger partial charge < -0.3 is 10.6 Å². The van der Waals surface area contributed by atoms with Crippen LogP contribution in [0.15, 0.2) is 29.2 Å². The topological polar surface area (TPSA) is 87.3 Å². The second-order valence-corrected chi connectivity index (χ2v) is 8.25. The summed E-state index contributed by atoms with van der Waals surface area (Å²) in [5.74, 6) is 0.231. The molecule has 0 bridgehead atoms. The summed E-state index contributed by atoms with van der Waals surface area (Å²) < 4.78 is 27.0. The number of amides is 1. The van der Waals surface area contributed by atoms with Crippen molar-refractivity contribution in [2.24, 2.45) is 0 Å². The minimum absolute atomic E-state index is 0.0975. The fourth-order valence-electron chi connectivity index (χ4n) is 2.69. The van der Waals surface area contributed by atoms with E-state index in [1.807, 2.05) is 12.1 Å². The average Bonchev–Trinajstić information content (AvgIpc) is 2.55. The van der Waals surface area contributed by atoms with E-state index in [4.69, 9.17) is 0 Å². The highest BCUT2D eigenvalue weighted by Crippen LogP contribution is 2.17. The molecular weight excluding hydrogens is 326 g/mol. The van der Waals surface area contributed by atoms with Gasteiger partial charge in [-0.05, 0) is 43.0 Å². The standard InChI is InChI=1S/C17H27N3O3S/c1-13(2)14-5-7-16(8-6-14)24(22,23)19-11-9-17(21)20-15-4-3-10-18-12-15/h5-8,13,15,18-19H,3-4,9-12H2,1-2H3,(H,20,21)/t15-/m0/s1. The number of hydrogen-bond donors (Lipinski definition) is 3. The number of hydrogen-bond acceptors (Lipinski definition) is 4. The van der Waals surface area contributed by atoms with Crippen LogP contribution in [0.25, 0.3) is 0 Å². The fourth-order valence-corrected chi connectivity index (χ4v) is 3.72. The third-order valence-electron chi connectivity index (χ3n) is 4.16. The molecule has 1 aromatic rings. The molecule has 1 aromatic carbocycles. The van der Waals surface area contributed by atoms with Crippen LogP contribution in [0.3, 0.4) is 0 Å². The van der Waals surface area contributed by atoms with Gasteiger partial charge in [-0.1, -0.05) is 26.0 Å². The maximum absolute atomic E-state index is 12.2. The summed E-state index contributed by atoms with van der Waals surface area (Å²) in [5.41, 5.74) is 1.09. The normalized spacial score (nSPS) is 18.5. The first kappa shape index (κ1) is 18.9. The number of sulfonamides is 1. The quantitative estimate of drug-likeness (QED) is 0.690. The Hall–Kier alpha value is -1.44. The van der Waals surface area contributed by atoms with Gasteiger partial charge in [-0.15, -0.1) is 0 Å². The Labute approximate surface area is 144 Å². The Kier molecular flexibility index (Phi) is 6.77. The molecule has 0 aromatic heterocycles. The maximum Gasteiger partial charge on any atom is 0.240 e. The molecule has 1 fully saturated rings. The van der Waals surface area contributed by atoms with Gasteiger partial charge in [0.05, 0.1) is 4.90 Å². The van der Waals surface area contributed by atoms with Crippen LogP contribution in [-0.4, -0.2) is 40.0 Å². The van der Waals surface area contributed by atoms with Crippen molar-refractivity contribution in [2.75, 3.05) is 19.6 Å². The summed E-state index contributed by atoms with van der Waals surface area (Å²) in [7, 11) is -3.57. The van der Waals surface area contributed by atoms with Crippen LogP contribution < -0.4 is 15.4 Å². The molecule has 0 unspecified atom stereocenters. The lowest BCUT2D eigenvalue weighted by molar-refractivity contribution is -0.121. The minimum atomic E-state index is -3.57. The highest BCUT2D eigenvalue weighted by atomic mass is 32.2. The summed E-state index contributed by atoms with van der Waals surface area (Å²) in [6.07, 6.45) is 2.15. The molecule has 3 N–H and O–H groups in total. The number of carbonyl (C=O) groups excluding carboxylic acids is 1. The van der Waals surface area contributed by atoms with Gasteiger partial charge in [0.2, 0.25) is 15.9 Å². The molecule has 1 saturated heterocycles. The lowest BCUT2D eigenvalue weighted by Gasteiger charge is -2.23. The van der Waals surface area contributed by atoms with Crippen molar-refractivity contribution in [3.8, 4) is 0 Å². The van der Waals surface area contributed by atoms with Gasteiger partial charge in [0.1, 0.15) is 0 Å². The first-order valence-electron chi connectivity index (χ1n) is 8.48. The van der Waals surface area contributed by atoms with Crippen molar-refractivity contribution in [1.82, 2.24) is 15.4 Å².